The molecule has 0 unspecified atom stereocenters. The molecule has 0 radical (unpaired) electrons. The number of hydrogen-bond donors (Lipinski definition) is 1. The van der Waals surface area contributed by atoms with Crippen LogP contribution in [0.4, 0.5) is 5.69 Å². The monoisotopic (exact) mass is 349 g/mol. The third kappa shape index (κ3) is 4.24. The summed E-state index contributed by atoms with van der Waals surface area (Å²) in [5, 5.41) is 2.64. The molecular weight excluding hydrogens is 334 g/mol. The molecule has 1 aromatic heterocycles. The van der Waals surface area contributed by atoms with Crippen molar-refractivity contribution in [3.8, 4) is 0 Å². The van der Waals surface area contributed by atoms with Crippen LogP contribution < -0.4 is 5.32 Å². The molecule has 1 N–H and O–H groups in total. The van der Waals surface area contributed by atoms with E-state index in [4.69, 9.17) is 9.15 Å². The van der Waals surface area contributed by atoms with Crippen LogP contribution in [0.5, 0.6) is 0 Å². The Balaban J connectivity index is 1.55. The van der Waals surface area contributed by atoms with Crippen molar-refractivity contribution in [2.45, 2.75) is 0 Å². The second-order valence-electron chi connectivity index (χ2n) is 5.37. The number of benzene rings is 2. The normalized spacial score (nSPS) is 10.2. The zero-order chi connectivity index (χ0) is 18.4. The van der Waals surface area contributed by atoms with Gasteiger partial charge in [0.25, 0.3) is 5.91 Å². The summed E-state index contributed by atoms with van der Waals surface area (Å²) >= 11 is 0. The second kappa shape index (κ2) is 7.94. The van der Waals surface area contributed by atoms with Gasteiger partial charge in [0, 0.05) is 11.3 Å². The van der Waals surface area contributed by atoms with E-state index in [2.05, 4.69) is 5.32 Å². The van der Waals surface area contributed by atoms with Crippen molar-refractivity contribution in [1.82, 2.24) is 0 Å². The number of amides is 1. The van der Waals surface area contributed by atoms with Gasteiger partial charge in [-0.05, 0) is 36.4 Å². The Morgan fingerprint density at radius 2 is 1.58 bits per heavy atom. The van der Waals surface area contributed by atoms with E-state index in [1.165, 1.54) is 18.4 Å². The molecule has 0 aliphatic rings. The Kier molecular flexibility index (Phi) is 5.24. The van der Waals surface area contributed by atoms with Crippen LogP contribution in [0.25, 0.3) is 0 Å². The minimum atomic E-state index is -0.613. The first kappa shape index (κ1) is 17.2. The van der Waals surface area contributed by atoms with E-state index in [1.807, 2.05) is 0 Å². The highest BCUT2D eigenvalue weighted by atomic mass is 16.5. The minimum absolute atomic E-state index is 0.188. The fourth-order valence-electron chi connectivity index (χ4n) is 2.21. The zero-order valence-electron chi connectivity index (χ0n) is 13.7. The first-order valence-corrected chi connectivity index (χ1v) is 7.84. The molecule has 2 aromatic carbocycles. The molecule has 0 atom stereocenters. The van der Waals surface area contributed by atoms with Gasteiger partial charge in [-0.2, -0.15) is 0 Å². The first-order valence-electron chi connectivity index (χ1n) is 7.84. The number of rotatable bonds is 6. The van der Waals surface area contributed by atoms with Gasteiger partial charge in [0.15, 0.2) is 18.2 Å². The van der Waals surface area contributed by atoms with E-state index >= 15 is 0 Å². The Bertz CT molecular complexity index is 899. The van der Waals surface area contributed by atoms with Crippen LogP contribution in [0, 0.1) is 0 Å². The molecule has 0 bridgehead atoms. The van der Waals surface area contributed by atoms with Crippen molar-refractivity contribution >= 4 is 23.3 Å². The summed E-state index contributed by atoms with van der Waals surface area (Å²) in [7, 11) is 0. The highest BCUT2D eigenvalue weighted by Crippen LogP contribution is 2.13. The lowest BCUT2D eigenvalue weighted by Crippen LogP contribution is -2.14. The van der Waals surface area contributed by atoms with Gasteiger partial charge in [-0.3, -0.25) is 9.59 Å². The molecule has 0 saturated carbocycles. The smallest absolute Gasteiger partial charge is 0.338 e. The molecule has 130 valence electrons. The molecular formula is C20H15NO5. The second-order valence-corrected chi connectivity index (χ2v) is 5.37. The summed E-state index contributed by atoms with van der Waals surface area (Å²) in [5.41, 5.74) is 1.27. The Hall–Kier alpha value is -3.67. The summed E-state index contributed by atoms with van der Waals surface area (Å²) in [6.07, 6.45) is 1.41. The first-order chi connectivity index (χ1) is 12.6. The van der Waals surface area contributed by atoms with E-state index in [9.17, 15) is 14.4 Å². The summed E-state index contributed by atoms with van der Waals surface area (Å²) in [6.45, 7) is -0.334. The summed E-state index contributed by atoms with van der Waals surface area (Å²) < 4.78 is 10.0. The number of anilines is 1. The van der Waals surface area contributed by atoms with E-state index in [-0.39, 0.29) is 23.7 Å². The van der Waals surface area contributed by atoms with E-state index < -0.39 is 11.9 Å². The van der Waals surface area contributed by atoms with Gasteiger partial charge >= 0.3 is 5.97 Å². The highest BCUT2D eigenvalue weighted by Gasteiger charge is 2.13. The number of furan rings is 1. The summed E-state index contributed by atoms with van der Waals surface area (Å²) in [5.74, 6) is -1.09. The topological polar surface area (TPSA) is 85.6 Å². The lowest BCUT2D eigenvalue weighted by Gasteiger charge is -2.06. The molecule has 26 heavy (non-hydrogen) atoms. The van der Waals surface area contributed by atoms with Gasteiger partial charge in [-0.25, -0.2) is 4.79 Å². The van der Waals surface area contributed by atoms with Crippen molar-refractivity contribution in [2.24, 2.45) is 0 Å². The number of Topliss-reactive ketones (excluding diaryl/α,β-unsaturated/α-hetero) is 1. The Morgan fingerprint density at radius 3 is 2.23 bits per heavy atom. The van der Waals surface area contributed by atoms with Crippen LogP contribution in [-0.4, -0.2) is 24.3 Å². The van der Waals surface area contributed by atoms with Gasteiger partial charge in [0.2, 0.25) is 0 Å². The number of ketones is 1. The van der Waals surface area contributed by atoms with Gasteiger partial charge in [-0.1, -0.05) is 30.3 Å². The number of hydrogen-bond acceptors (Lipinski definition) is 5. The van der Waals surface area contributed by atoms with E-state index in [1.54, 1.807) is 54.6 Å². The van der Waals surface area contributed by atoms with Gasteiger partial charge in [0.05, 0.1) is 11.8 Å². The van der Waals surface area contributed by atoms with Gasteiger partial charge < -0.3 is 14.5 Å². The lowest BCUT2D eigenvalue weighted by atomic mass is 10.1. The molecule has 1 amide bonds. The van der Waals surface area contributed by atoms with Crippen LogP contribution in [-0.2, 0) is 4.74 Å². The third-order valence-corrected chi connectivity index (χ3v) is 3.55. The minimum Gasteiger partial charge on any atom is -0.459 e. The molecule has 3 rings (SSSR count). The fraction of sp³-hybridized carbons (Fsp3) is 0.0500. The average Bonchev–Trinajstić information content (AvgIpc) is 3.22. The Morgan fingerprint density at radius 1 is 0.846 bits per heavy atom. The Labute approximate surface area is 149 Å². The van der Waals surface area contributed by atoms with Crippen LogP contribution in [0.1, 0.15) is 31.3 Å². The third-order valence-electron chi connectivity index (χ3n) is 3.55. The van der Waals surface area contributed by atoms with Crippen LogP contribution in [0.3, 0.4) is 0 Å². The van der Waals surface area contributed by atoms with E-state index in [0.29, 0.717) is 11.3 Å². The molecule has 0 spiro atoms. The number of carbonyl (C=O) groups is 3. The molecule has 3 aromatic rings. The van der Waals surface area contributed by atoms with Crippen molar-refractivity contribution in [1.29, 1.82) is 0 Å². The van der Waals surface area contributed by atoms with Gasteiger partial charge in [0.1, 0.15) is 0 Å². The van der Waals surface area contributed by atoms with Crippen molar-refractivity contribution < 1.29 is 23.5 Å². The number of esters is 1. The largest absolute Gasteiger partial charge is 0.459 e. The van der Waals surface area contributed by atoms with Gasteiger partial charge in [-0.15, -0.1) is 0 Å². The lowest BCUT2D eigenvalue weighted by molar-refractivity contribution is 0.0475. The molecule has 0 fully saturated rings. The quantitative estimate of drug-likeness (QED) is 0.543. The summed E-state index contributed by atoms with van der Waals surface area (Å²) in [4.78, 5) is 35.8. The fourth-order valence-corrected chi connectivity index (χ4v) is 2.21. The van der Waals surface area contributed by atoms with Crippen molar-refractivity contribution in [3.05, 3.63) is 89.9 Å². The maximum Gasteiger partial charge on any atom is 0.338 e. The molecule has 6 nitrogen and oxygen atoms in total. The van der Waals surface area contributed by atoms with Crippen molar-refractivity contribution in [3.63, 3.8) is 0 Å². The number of nitrogens with one attached hydrogen (secondary N) is 1. The van der Waals surface area contributed by atoms with E-state index in [0.717, 1.165) is 0 Å². The molecule has 0 aliphatic carbocycles. The molecule has 0 saturated heterocycles. The maximum absolute atomic E-state index is 12.0. The average molecular weight is 349 g/mol. The predicted octanol–water partition coefficient (Wildman–Crippen LogP) is 3.57. The SMILES string of the molecule is O=C(COC(=O)c1ccc(NC(=O)c2ccco2)cc1)c1ccccc1. The maximum atomic E-state index is 12.0. The number of ether oxygens (including phenoxy) is 1. The van der Waals surface area contributed by atoms with Crippen LogP contribution in [0.2, 0.25) is 0 Å². The zero-order valence-corrected chi connectivity index (χ0v) is 13.7. The summed E-state index contributed by atoms with van der Waals surface area (Å²) in [6, 6.07) is 17.9. The molecule has 0 aliphatic heterocycles. The molecule has 1 heterocycles. The van der Waals surface area contributed by atoms with Crippen LogP contribution in [0.15, 0.2) is 77.4 Å². The molecule has 6 heteroatoms. The predicted molar refractivity (Wildman–Crippen MR) is 94.2 cm³/mol. The van der Waals surface area contributed by atoms with Crippen molar-refractivity contribution in [2.75, 3.05) is 11.9 Å². The standard InChI is InChI=1S/C20H15NO5/c22-17(14-5-2-1-3-6-14)13-26-20(24)15-8-10-16(11-9-15)21-19(23)18-7-4-12-25-18/h1-12H,13H2,(H,21,23). The van der Waals surface area contributed by atoms with Crippen LogP contribution >= 0.6 is 0 Å². The number of carbonyl (C=O) groups excluding carboxylic acids is 3. The highest BCUT2D eigenvalue weighted by molar-refractivity contribution is 6.02.